The molecule has 2 amide bonds. The first kappa shape index (κ1) is 21.7. The predicted molar refractivity (Wildman–Crippen MR) is 121 cm³/mol. The number of thiocarbonyl (C=S) groups is 1. The van der Waals surface area contributed by atoms with Gasteiger partial charge in [-0.2, -0.15) is 0 Å². The number of phenolic OH excluding ortho intramolecular Hbond substituents is 1. The second-order valence-corrected chi connectivity index (χ2v) is 8.05. The topological polar surface area (TPSA) is 88.1 Å². The fraction of sp³-hybridized carbons (Fsp3) is 0.190. The van der Waals surface area contributed by atoms with E-state index in [-0.39, 0.29) is 17.6 Å². The van der Waals surface area contributed by atoms with Gasteiger partial charge < -0.3 is 19.9 Å². The summed E-state index contributed by atoms with van der Waals surface area (Å²) in [4.78, 5) is 27.2. The Morgan fingerprint density at radius 2 is 1.83 bits per heavy atom. The molecular formula is C21H20N2O5S2. The van der Waals surface area contributed by atoms with Gasteiger partial charge in [-0.05, 0) is 55.0 Å². The third-order valence-corrected chi connectivity index (χ3v) is 5.76. The Morgan fingerprint density at radius 3 is 2.47 bits per heavy atom. The van der Waals surface area contributed by atoms with Crippen LogP contribution in [0.3, 0.4) is 0 Å². The number of hydrogen-bond acceptors (Lipinski definition) is 7. The van der Waals surface area contributed by atoms with Gasteiger partial charge in [0.25, 0.3) is 5.91 Å². The molecule has 1 fully saturated rings. The highest BCUT2D eigenvalue weighted by Gasteiger charge is 2.38. The number of nitrogens with one attached hydrogen (secondary N) is 1. The maximum Gasteiger partial charge on any atom is 0.266 e. The Kier molecular flexibility index (Phi) is 6.63. The number of nitrogens with zero attached hydrogens (tertiary/aromatic N) is 1. The summed E-state index contributed by atoms with van der Waals surface area (Å²) in [6.45, 7) is 1.61. The van der Waals surface area contributed by atoms with E-state index < -0.39 is 6.04 Å². The first-order valence-electron chi connectivity index (χ1n) is 8.93. The van der Waals surface area contributed by atoms with Crippen molar-refractivity contribution in [2.24, 2.45) is 0 Å². The minimum atomic E-state index is -0.803. The molecule has 0 bridgehead atoms. The van der Waals surface area contributed by atoms with E-state index in [1.54, 1.807) is 50.4 Å². The van der Waals surface area contributed by atoms with Gasteiger partial charge in [0.05, 0.1) is 19.1 Å². The lowest BCUT2D eigenvalue weighted by Gasteiger charge is -2.22. The number of rotatable bonds is 6. The van der Waals surface area contributed by atoms with Crippen molar-refractivity contribution in [3.8, 4) is 17.2 Å². The van der Waals surface area contributed by atoms with Gasteiger partial charge >= 0.3 is 0 Å². The van der Waals surface area contributed by atoms with Crippen LogP contribution in [0.5, 0.6) is 17.2 Å². The van der Waals surface area contributed by atoms with Crippen LogP contribution in [0.25, 0.3) is 6.08 Å². The molecular weight excluding hydrogens is 424 g/mol. The van der Waals surface area contributed by atoms with Crippen molar-refractivity contribution in [1.82, 2.24) is 4.90 Å². The van der Waals surface area contributed by atoms with E-state index in [4.69, 9.17) is 21.7 Å². The van der Waals surface area contributed by atoms with Gasteiger partial charge in [-0.25, -0.2) is 0 Å². The van der Waals surface area contributed by atoms with Crippen molar-refractivity contribution in [2.45, 2.75) is 13.0 Å². The third kappa shape index (κ3) is 4.58. The third-order valence-electron chi connectivity index (χ3n) is 4.43. The van der Waals surface area contributed by atoms with Crippen molar-refractivity contribution in [1.29, 1.82) is 0 Å². The Bertz CT molecular complexity index is 1020. The minimum absolute atomic E-state index is 0.0956. The van der Waals surface area contributed by atoms with Crippen LogP contribution in [0, 0.1) is 0 Å². The van der Waals surface area contributed by atoms with E-state index in [0.717, 1.165) is 17.3 Å². The minimum Gasteiger partial charge on any atom is -0.508 e. The Balaban J connectivity index is 1.77. The average molecular weight is 445 g/mol. The Hall–Kier alpha value is -3.04. The van der Waals surface area contributed by atoms with Crippen LogP contribution < -0.4 is 14.8 Å². The SMILES string of the molecule is COc1ccc(/C=C2\SC(=S)N(C(C)C(=O)Nc3ccc(O)cc3)C2=O)cc1OC. The van der Waals surface area contributed by atoms with Crippen molar-refractivity contribution >= 4 is 51.9 Å². The first-order valence-corrected chi connectivity index (χ1v) is 10.2. The number of anilines is 1. The zero-order chi connectivity index (χ0) is 21.8. The van der Waals surface area contributed by atoms with Crippen LogP contribution in [0.1, 0.15) is 12.5 Å². The standard InChI is InChI=1S/C21H20N2O5S2/c1-12(19(25)22-14-5-7-15(24)8-6-14)23-20(26)18(30-21(23)29)11-13-4-9-16(27-2)17(10-13)28-3/h4-12,24H,1-3H3,(H,22,25)/b18-11-. The lowest BCUT2D eigenvalue weighted by molar-refractivity contribution is -0.129. The second kappa shape index (κ2) is 9.19. The molecule has 1 unspecified atom stereocenters. The lowest BCUT2D eigenvalue weighted by atomic mass is 10.1. The van der Waals surface area contributed by atoms with Crippen molar-refractivity contribution < 1.29 is 24.2 Å². The molecule has 0 saturated carbocycles. The maximum atomic E-state index is 12.9. The van der Waals surface area contributed by atoms with Gasteiger partial charge in [0.1, 0.15) is 16.1 Å². The largest absolute Gasteiger partial charge is 0.508 e. The molecule has 1 aliphatic heterocycles. The molecule has 0 spiro atoms. The van der Waals surface area contributed by atoms with Crippen LogP contribution in [-0.2, 0) is 9.59 Å². The van der Waals surface area contributed by atoms with Gasteiger partial charge in [-0.1, -0.05) is 30.0 Å². The molecule has 9 heteroatoms. The number of ether oxygens (including phenoxy) is 2. The molecule has 0 aromatic heterocycles. The first-order chi connectivity index (χ1) is 14.3. The summed E-state index contributed by atoms with van der Waals surface area (Å²) in [6, 6.07) is 10.6. The van der Waals surface area contributed by atoms with E-state index in [1.807, 2.05) is 0 Å². The highest BCUT2D eigenvalue weighted by Crippen LogP contribution is 2.35. The van der Waals surface area contributed by atoms with E-state index in [9.17, 15) is 14.7 Å². The summed E-state index contributed by atoms with van der Waals surface area (Å²) >= 11 is 6.48. The number of aromatic hydroxyl groups is 1. The van der Waals surface area contributed by atoms with Gasteiger partial charge in [0.15, 0.2) is 11.5 Å². The molecule has 2 N–H and O–H groups in total. The number of thioether (sulfide) groups is 1. The zero-order valence-electron chi connectivity index (χ0n) is 16.5. The molecule has 1 aliphatic rings. The molecule has 2 aromatic carbocycles. The summed E-state index contributed by atoms with van der Waals surface area (Å²) in [5.74, 6) is 0.501. The van der Waals surface area contributed by atoms with Crippen molar-refractivity contribution in [3.05, 3.63) is 52.9 Å². The number of phenols is 1. The highest BCUT2D eigenvalue weighted by molar-refractivity contribution is 8.26. The van der Waals surface area contributed by atoms with E-state index in [0.29, 0.717) is 26.4 Å². The number of benzene rings is 2. The van der Waals surface area contributed by atoms with Crippen LogP contribution in [0.15, 0.2) is 47.4 Å². The van der Waals surface area contributed by atoms with Gasteiger partial charge in [-0.15, -0.1) is 0 Å². The summed E-state index contributed by atoms with van der Waals surface area (Å²) in [5, 5.41) is 12.1. The molecule has 0 radical (unpaired) electrons. The molecule has 1 heterocycles. The number of hydrogen-bond donors (Lipinski definition) is 2. The van der Waals surface area contributed by atoms with E-state index in [2.05, 4.69) is 5.32 Å². The van der Waals surface area contributed by atoms with E-state index in [1.165, 1.54) is 24.1 Å². The number of carbonyl (C=O) groups excluding carboxylic acids is 2. The van der Waals surface area contributed by atoms with E-state index >= 15 is 0 Å². The van der Waals surface area contributed by atoms with Crippen LogP contribution in [-0.4, -0.2) is 46.4 Å². The monoisotopic (exact) mass is 444 g/mol. The fourth-order valence-electron chi connectivity index (χ4n) is 2.82. The predicted octanol–water partition coefficient (Wildman–Crippen LogP) is 3.64. The summed E-state index contributed by atoms with van der Waals surface area (Å²) in [6.07, 6.45) is 1.70. The molecule has 3 rings (SSSR count). The molecule has 2 aromatic rings. The Morgan fingerprint density at radius 1 is 1.17 bits per heavy atom. The van der Waals surface area contributed by atoms with Crippen molar-refractivity contribution in [2.75, 3.05) is 19.5 Å². The molecule has 7 nitrogen and oxygen atoms in total. The van der Waals surface area contributed by atoms with Gasteiger partial charge in [-0.3, -0.25) is 14.5 Å². The molecule has 1 atom stereocenters. The second-order valence-electron chi connectivity index (χ2n) is 6.38. The van der Waals surface area contributed by atoms with Gasteiger partial charge in [0, 0.05) is 5.69 Å². The normalized spacial score (nSPS) is 16.0. The Labute approximate surface area is 183 Å². The highest BCUT2D eigenvalue weighted by atomic mass is 32.2. The number of carbonyl (C=O) groups is 2. The zero-order valence-corrected chi connectivity index (χ0v) is 18.2. The summed E-state index contributed by atoms with van der Waals surface area (Å²) in [5.41, 5.74) is 1.25. The lowest BCUT2D eigenvalue weighted by Crippen LogP contribution is -2.44. The molecule has 0 aliphatic carbocycles. The summed E-state index contributed by atoms with van der Waals surface area (Å²) < 4.78 is 10.8. The number of methoxy groups -OCH3 is 2. The van der Waals surface area contributed by atoms with Gasteiger partial charge in [0.2, 0.25) is 5.91 Å². The molecule has 1 saturated heterocycles. The van der Waals surface area contributed by atoms with Crippen LogP contribution in [0.4, 0.5) is 5.69 Å². The average Bonchev–Trinajstić information content (AvgIpc) is 3.01. The van der Waals surface area contributed by atoms with Crippen LogP contribution >= 0.6 is 24.0 Å². The smallest absolute Gasteiger partial charge is 0.266 e. The maximum absolute atomic E-state index is 12.9. The van der Waals surface area contributed by atoms with Crippen LogP contribution in [0.2, 0.25) is 0 Å². The number of amides is 2. The van der Waals surface area contributed by atoms with Crippen molar-refractivity contribution in [3.63, 3.8) is 0 Å². The molecule has 156 valence electrons. The summed E-state index contributed by atoms with van der Waals surface area (Å²) in [7, 11) is 3.09. The molecule has 30 heavy (non-hydrogen) atoms. The quantitative estimate of drug-likeness (QED) is 0.400. The fourth-order valence-corrected chi connectivity index (χ4v) is 4.23.